The van der Waals surface area contributed by atoms with Crippen molar-refractivity contribution < 1.29 is 41.8 Å². The Balaban J connectivity index is 0.000000226. The van der Waals surface area contributed by atoms with E-state index in [2.05, 4.69) is 0 Å². The lowest BCUT2D eigenvalue weighted by Crippen LogP contribution is -2.21. The number of carbonyl (C=O) groups is 1. The molecule has 4 N–H and O–H groups in total. The van der Waals surface area contributed by atoms with E-state index in [0.29, 0.717) is 35.5 Å². The molecule has 39 heavy (non-hydrogen) atoms. The van der Waals surface area contributed by atoms with Gasteiger partial charge in [-0.15, -0.1) is 0 Å². The van der Waals surface area contributed by atoms with Crippen LogP contribution in [0, 0.1) is 27.7 Å². The summed E-state index contributed by atoms with van der Waals surface area (Å²) in [7, 11) is 0. The molecule has 0 radical (unpaired) electrons. The van der Waals surface area contributed by atoms with Crippen molar-refractivity contribution in [2.24, 2.45) is 5.73 Å². The molecule has 0 aliphatic carbocycles. The van der Waals surface area contributed by atoms with Crippen LogP contribution in [0.25, 0.3) is 21.9 Å². The number of aromatic hydroxyl groups is 1. The molecule has 12 heteroatoms. The number of benzene rings is 2. The maximum Gasteiger partial charge on any atom is 0.490 e. The molecule has 210 valence electrons. The SMILES string of the molecule is Cc1cc2oc(=O)cc(O)c2cc1C.Cc1cc2oc(=O)cc(OCCCN)c2cc1C.O=C(O)C(F)(F)F. The lowest BCUT2D eigenvalue weighted by molar-refractivity contribution is -0.192. The summed E-state index contributed by atoms with van der Waals surface area (Å²) < 4.78 is 47.5. The molecule has 2 aromatic carbocycles. The summed E-state index contributed by atoms with van der Waals surface area (Å²) in [5.41, 5.74) is 9.80. The monoisotopic (exact) mass is 551 g/mol. The predicted octanol–water partition coefficient (Wildman–Crippen LogP) is 4.89. The summed E-state index contributed by atoms with van der Waals surface area (Å²) in [6, 6.07) is 9.87. The van der Waals surface area contributed by atoms with Crippen LogP contribution in [0.4, 0.5) is 13.2 Å². The van der Waals surface area contributed by atoms with E-state index in [9.17, 15) is 27.9 Å². The molecule has 4 rings (SSSR count). The molecule has 0 saturated heterocycles. The molecular weight excluding hydrogens is 523 g/mol. The van der Waals surface area contributed by atoms with Crippen molar-refractivity contribution in [2.45, 2.75) is 40.3 Å². The van der Waals surface area contributed by atoms with Gasteiger partial charge in [0.15, 0.2) is 0 Å². The quantitative estimate of drug-likeness (QED) is 0.238. The molecular formula is C27H28F3NO8. The Labute approximate surface area is 220 Å². The van der Waals surface area contributed by atoms with Crippen LogP contribution in [0.3, 0.4) is 0 Å². The molecule has 0 unspecified atom stereocenters. The fraction of sp³-hybridized carbons (Fsp3) is 0.296. The summed E-state index contributed by atoms with van der Waals surface area (Å²) in [6.45, 7) is 8.94. The van der Waals surface area contributed by atoms with Crippen LogP contribution in [0.1, 0.15) is 28.7 Å². The van der Waals surface area contributed by atoms with E-state index in [1.807, 2.05) is 45.9 Å². The van der Waals surface area contributed by atoms with E-state index < -0.39 is 23.4 Å². The van der Waals surface area contributed by atoms with Gasteiger partial charge in [-0.25, -0.2) is 14.4 Å². The van der Waals surface area contributed by atoms with Crippen molar-refractivity contribution in [3.8, 4) is 11.5 Å². The van der Waals surface area contributed by atoms with Crippen molar-refractivity contribution in [2.75, 3.05) is 13.2 Å². The van der Waals surface area contributed by atoms with Gasteiger partial charge in [0.05, 0.1) is 29.5 Å². The lowest BCUT2D eigenvalue weighted by Gasteiger charge is -2.09. The first-order valence-electron chi connectivity index (χ1n) is 11.6. The topological polar surface area (TPSA) is 153 Å². The summed E-state index contributed by atoms with van der Waals surface area (Å²) >= 11 is 0. The van der Waals surface area contributed by atoms with E-state index in [-0.39, 0.29) is 5.75 Å². The standard InChI is InChI=1S/C14H17NO3.C11H10O3.C2HF3O2/c1-9-6-11-12(17-5-3-4-15)8-14(16)18-13(11)7-10(9)2;1-6-3-8-9(12)5-11(13)14-10(8)4-7(6)2;3-2(4,5)1(6)7/h6-8H,3-5,15H2,1-2H3;3-5,12H,1-2H3;(H,6,7). The van der Waals surface area contributed by atoms with Gasteiger partial charge in [0.25, 0.3) is 0 Å². The fourth-order valence-corrected chi connectivity index (χ4v) is 3.18. The van der Waals surface area contributed by atoms with Gasteiger partial charge in [-0.1, -0.05) is 0 Å². The first-order chi connectivity index (χ1) is 18.1. The summed E-state index contributed by atoms with van der Waals surface area (Å²) in [4.78, 5) is 31.3. The number of carboxylic acid groups (broad SMARTS) is 1. The van der Waals surface area contributed by atoms with Crippen LogP contribution >= 0.6 is 0 Å². The van der Waals surface area contributed by atoms with Crippen molar-refractivity contribution in [1.82, 2.24) is 0 Å². The van der Waals surface area contributed by atoms with Crippen LogP contribution < -0.4 is 21.7 Å². The molecule has 2 aromatic heterocycles. The largest absolute Gasteiger partial charge is 0.507 e. The number of aliphatic carboxylic acids is 1. The number of alkyl halides is 3. The third-order valence-corrected chi connectivity index (χ3v) is 5.51. The van der Waals surface area contributed by atoms with Gasteiger partial charge >= 0.3 is 23.4 Å². The van der Waals surface area contributed by atoms with Gasteiger partial charge in [0, 0.05) is 0 Å². The van der Waals surface area contributed by atoms with E-state index in [0.717, 1.165) is 40.1 Å². The number of carboxylic acids is 1. The number of halogens is 3. The number of aryl methyl sites for hydroxylation is 4. The Morgan fingerprint density at radius 1 is 0.846 bits per heavy atom. The third kappa shape index (κ3) is 8.60. The molecule has 0 aliphatic heterocycles. The number of rotatable bonds is 4. The van der Waals surface area contributed by atoms with E-state index in [1.54, 1.807) is 6.07 Å². The van der Waals surface area contributed by atoms with Crippen molar-refractivity contribution in [1.29, 1.82) is 0 Å². The Morgan fingerprint density at radius 2 is 1.28 bits per heavy atom. The van der Waals surface area contributed by atoms with Crippen LogP contribution in [0.5, 0.6) is 11.5 Å². The summed E-state index contributed by atoms with van der Waals surface area (Å²) in [5, 5.41) is 18.0. The predicted molar refractivity (Wildman–Crippen MR) is 138 cm³/mol. The Kier molecular flexibility index (Phi) is 10.3. The van der Waals surface area contributed by atoms with Crippen molar-refractivity contribution >= 4 is 27.9 Å². The average molecular weight is 552 g/mol. The third-order valence-electron chi connectivity index (χ3n) is 5.51. The van der Waals surface area contributed by atoms with Crippen LogP contribution in [-0.2, 0) is 4.79 Å². The zero-order chi connectivity index (χ0) is 29.5. The number of nitrogens with two attached hydrogens (primary N) is 1. The lowest BCUT2D eigenvalue weighted by atomic mass is 10.1. The van der Waals surface area contributed by atoms with Crippen LogP contribution in [-0.4, -0.2) is 35.5 Å². The molecule has 0 aliphatic rings. The van der Waals surface area contributed by atoms with Crippen LogP contribution in [0.15, 0.2) is 54.8 Å². The van der Waals surface area contributed by atoms with Gasteiger partial charge in [0.1, 0.15) is 22.7 Å². The molecule has 0 saturated carbocycles. The molecule has 0 atom stereocenters. The number of hydrogen-bond acceptors (Lipinski definition) is 8. The van der Waals surface area contributed by atoms with Gasteiger partial charge in [-0.2, -0.15) is 13.2 Å². The first kappa shape index (κ1) is 30.9. The molecule has 4 aromatic rings. The number of hydrogen-bond donors (Lipinski definition) is 3. The molecule has 2 heterocycles. The van der Waals surface area contributed by atoms with Crippen molar-refractivity contribution in [3.63, 3.8) is 0 Å². The fourth-order valence-electron chi connectivity index (χ4n) is 3.18. The average Bonchev–Trinajstić information content (AvgIpc) is 2.82. The van der Waals surface area contributed by atoms with Gasteiger partial charge < -0.3 is 29.5 Å². The highest BCUT2D eigenvalue weighted by Crippen LogP contribution is 2.27. The molecule has 0 amide bonds. The summed E-state index contributed by atoms with van der Waals surface area (Å²) in [5.74, 6) is -2.22. The maximum atomic E-state index is 11.5. The highest BCUT2D eigenvalue weighted by Gasteiger charge is 2.38. The minimum absolute atomic E-state index is 0.0284. The van der Waals surface area contributed by atoms with Crippen molar-refractivity contribution in [3.05, 3.63) is 79.5 Å². The molecule has 0 fully saturated rings. The Morgan fingerprint density at radius 3 is 1.77 bits per heavy atom. The molecule has 0 bridgehead atoms. The highest BCUT2D eigenvalue weighted by atomic mass is 19.4. The zero-order valence-corrected chi connectivity index (χ0v) is 21.6. The first-order valence-corrected chi connectivity index (χ1v) is 11.6. The van der Waals surface area contributed by atoms with Crippen LogP contribution in [0.2, 0.25) is 0 Å². The maximum absolute atomic E-state index is 11.5. The Bertz CT molecular complexity index is 1590. The summed E-state index contributed by atoms with van der Waals surface area (Å²) in [6.07, 6.45) is -4.33. The Hall–Kier alpha value is -4.32. The number of ether oxygens (including phenoxy) is 1. The second-order valence-electron chi connectivity index (χ2n) is 8.54. The van der Waals surface area contributed by atoms with Gasteiger partial charge in [-0.3, -0.25) is 0 Å². The highest BCUT2D eigenvalue weighted by molar-refractivity contribution is 5.85. The normalized spacial score (nSPS) is 10.9. The molecule has 9 nitrogen and oxygen atoms in total. The van der Waals surface area contributed by atoms with Gasteiger partial charge in [0.2, 0.25) is 0 Å². The number of fused-ring (bicyclic) bond motifs is 2. The zero-order valence-electron chi connectivity index (χ0n) is 21.6. The minimum atomic E-state index is -5.08. The van der Waals surface area contributed by atoms with E-state index >= 15 is 0 Å². The van der Waals surface area contributed by atoms with E-state index in [4.69, 9.17) is 29.2 Å². The second kappa shape index (κ2) is 13.0. The van der Waals surface area contributed by atoms with Gasteiger partial charge in [-0.05, 0) is 87.2 Å². The smallest absolute Gasteiger partial charge is 0.490 e. The van der Waals surface area contributed by atoms with E-state index in [1.165, 1.54) is 6.07 Å². The second-order valence-corrected chi connectivity index (χ2v) is 8.54. The minimum Gasteiger partial charge on any atom is -0.507 e. The molecule has 0 spiro atoms.